The SMILES string of the molecule is CCCNC1COCC1C(=O)NCc1ccn(C)n1. The van der Waals surface area contributed by atoms with Crippen molar-refractivity contribution in [3.63, 3.8) is 0 Å². The van der Waals surface area contributed by atoms with Crippen LogP contribution in [0.2, 0.25) is 0 Å². The minimum Gasteiger partial charge on any atom is -0.379 e. The van der Waals surface area contributed by atoms with Gasteiger partial charge in [-0.15, -0.1) is 0 Å². The average molecular weight is 266 g/mol. The number of hydrogen-bond acceptors (Lipinski definition) is 4. The molecule has 1 aromatic rings. The fourth-order valence-corrected chi connectivity index (χ4v) is 2.21. The highest BCUT2D eigenvalue weighted by Crippen LogP contribution is 2.14. The van der Waals surface area contributed by atoms with Gasteiger partial charge in [-0.2, -0.15) is 5.10 Å². The minimum atomic E-state index is -0.102. The number of nitrogens with one attached hydrogen (secondary N) is 2. The molecule has 2 unspecified atom stereocenters. The Morgan fingerprint density at radius 2 is 2.42 bits per heavy atom. The Hall–Kier alpha value is -1.40. The zero-order chi connectivity index (χ0) is 13.7. The summed E-state index contributed by atoms with van der Waals surface area (Å²) >= 11 is 0. The second-order valence-corrected chi connectivity index (χ2v) is 4.90. The topological polar surface area (TPSA) is 68.2 Å². The van der Waals surface area contributed by atoms with Gasteiger partial charge in [-0.05, 0) is 19.0 Å². The fourth-order valence-electron chi connectivity index (χ4n) is 2.21. The lowest BCUT2D eigenvalue weighted by Crippen LogP contribution is -2.44. The molecular formula is C13H22N4O2. The van der Waals surface area contributed by atoms with Crippen molar-refractivity contribution in [2.24, 2.45) is 13.0 Å². The monoisotopic (exact) mass is 266 g/mol. The average Bonchev–Trinajstić information content (AvgIpc) is 3.02. The Labute approximate surface area is 113 Å². The van der Waals surface area contributed by atoms with Crippen molar-refractivity contribution >= 4 is 5.91 Å². The van der Waals surface area contributed by atoms with Gasteiger partial charge in [-0.3, -0.25) is 9.48 Å². The predicted octanol–water partition coefficient (Wildman–Crippen LogP) is 0.0509. The summed E-state index contributed by atoms with van der Waals surface area (Å²) in [5.74, 6) is -0.0629. The molecule has 1 saturated heterocycles. The molecule has 6 heteroatoms. The third-order valence-corrected chi connectivity index (χ3v) is 3.29. The van der Waals surface area contributed by atoms with E-state index in [4.69, 9.17) is 4.74 Å². The first-order valence-electron chi connectivity index (χ1n) is 6.78. The van der Waals surface area contributed by atoms with Gasteiger partial charge in [0.05, 0.1) is 31.4 Å². The van der Waals surface area contributed by atoms with E-state index in [1.54, 1.807) is 4.68 Å². The molecule has 0 saturated carbocycles. The van der Waals surface area contributed by atoms with Crippen LogP contribution in [-0.2, 0) is 23.1 Å². The highest BCUT2D eigenvalue weighted by molar-refractivity contribution is 5.79. The summed E-state index contributed by atoms with van der Waals surface area (Å²) in [4.78, 5) is 12.1. The predicted molar refractivity (Wildman–Crippen MR) is 71.4 cm³/mol. The Bertz CT molecular complexity index is 419. The van der Waals surface area contributed by atoms with E-state index in [9.17, 15) is 4.79 Å². The molecule has 0 aromatic carbocycles. The van der Waals surface area contributed by atoms with Crippen LogP contribution in [0, 0.1) is 5.92 Å². The van der Waals surface area contributed by atoms with Crippen molar-refractivity contribution < 1.29 is 9.53 Å². The van der Waals surface area contributed by atoms with Gasteiger partial charge in [-0.25, -0.2) is 0 Å². The quantitative estimate of drug-likeness (QED) is 0.763. The number of carbonyl (C=O) groups excluding carboxylic acids is 1. The normalized spacial score (nSPS) is 22.6. The van der Waals surface area contributed by atoms with Crippen LogP contribution in [0.1, 0.15) is 19.0 Å². The van der Waals surface area contributed by atoms with Crippen LogP contribution in [0.15, 0.2) is 12.3 Å². The van der Waals surface area contributed by atoms with Crippen molar-refractivity contribution in [3.8, 4) is 0 Å². The van der Waals surface area contributed by atoms with Crippen LogP contribution in [0.4, 0.5) is 0 Å². The summed E-state index contributed by atoms with van der Waals surface area (Å²) in [6, 6.07) is 2.03. The van der Waals surface area contributed by atoms with Gasteiger partial charge in [0.15, 0.2) is 0 Å². The maximum absolute atomic E-state index is 12.1. The van der Waals surface area contributed by atoms with E-state index in [2.05, 4.69) is 22.7 Å². The lowest BCUT2D eigenvalue weighted by atomic mass is 10.0. The number of ether oxygens (including phenoxy) is 1. The van der Waals surface area contributed by atoms with Crippen molar-refractivity contribution in [2.45, 2.75) is 25.9 Å². The molecule has 6 nitrogen and oxygen atoms in total. The Kier molecular flexibility index (Phi) is 4.93. The lowest BCUT2D eigenvalue weighted by Gasteiger charge is -2.18. The summed E-state index contributed by atoms with van der Waals surface area (Å²) in [6.07, 6.45) is 2.92. The number of nitrogens with zero attached hydrogens (tertiary/aromatic N) is 2. The lowest BCUT2D eigenvalue weighted by molar-refractivity contribution is -0.125. The van der Waals surface area contributed by atoms with Gasteiger partial charge in [0.2, 0.25) is 5.91 Å². The van der Waals surface area contributed by atoms with E-state index < -0.39 is 0 Å². The second kappa shape index (κ2) is 6.68. The molecule has 0 radical (unpaired) electrons. The number of rotatable bonds is 6. The van der Waals surface area contributed by atoms with Gasteiger partial charge in [0.25, 0.3) is 0 Å². The number of carbonyl (C=O) groups is 1. The van der Waals surface area contributed by atoms with Crippen molar-refractivity contribution in [2.75, 3.05) is 19.8 Å². The molecule has 0 spiro atoms. The molecule has 1 aromatic heterocycles. The van der Waals surface area contributed by atoms with E-state index in [0.717, 1.165) is 18.7 Å². The standard InChI is InChI=1S/C13H22N4O2/c1-3-5-14-12-9-19-8-11(12)13(18)15-7-10-4-6-17(2)16-10/h4,6,11-12,14H,3,5,7-9H2,1-2H3,(H,15,18). The second-order valence-electron chi connectivity index (χ2n) is 4.90. The third-order valence-electron chi connectivity index (χ3n) is 3.29. The number of aromatic nitrogens is 2. The Balaban J connectivity index is 1.81. The van der Waals surface area contributed by atoms with Crippen molar-refractivity contribution in [1.82, 2.24) is 20.4 Å². The molecule has 0 aliphatic carbocycles. The van der Waals surface area contributed by atoms with Crippen LogP contribution >= 0.6 is 0 Å². The molecule has 1 amide bonds. The van der Waals surface area contributed by atoms with E-state index in [1.165, 1.54) is 0 Å². The summed E-state index contributed by atoms with van der Waals surface area (Å²) in [5, 5.41) is 10.5. The molecule has 106 valence electrons. The van der Waals surface area contributed by atoms with Gasteiger partial charge < -0.3 is 15.4 Å². The highest BCUT2D eigenvalue weighted by atomic mass is 16.5. The number of hydrogen-bond donors (Lipinski definition) is 2. The van der Waals surface area contributed by atoms with Crippen LogP contribution in [0.5, 0.6) is 0 Å². The molecule has 1 aliphatic rings. The van der Waals surface area contributed by atoms with E-state index in [-0.39, 0.29) is 17.9 Å². The molecule has 0 bridgehead atoms. The molecule has 2 N–H and O–H groups in total. The first-order valence-corrected chi connectivity index (χ1v) is 6.78. The smallest absolute Gasteiger partial charge is 0.227 e. The zero-order valence-electron chi connectivity index (χ0n) is 11.6. The summed E-state index contributed by atoms with van der Waals surface area (Å²) in [6.45, 7) is 4.60. The van der Waals surface area contributed by atoms with Crippen LogP contribution in [0.25, 0.3) is 0 Å². The maximum atomic E-state index is 12.1. The van der Waals surface area contributed by atoms with Crippen LogP contribution in [0.3, 0.4) is 0 Å². The molecule has 1 fully saturated rings. The van der Waals surface area contributed by atoms with Crippen LogP contribution in [-0.4, -0.2) is 41.5 Å². The summed E-state index contributed by atoms with van der Waals surface area (Å²) < 4.78 is 7.13. The Morgan fingerprint density at radius 1 is 1.58 bits per heavy atom. The highest BCUT2D eigenvalue weighted by Gasteiger charge is 2.33. The number of aryl methyl sites for hydroxylation is 1. The van der Waals surface area contributed by atoms with Crippen molar-refractivity contribution in [1.29, 1.82) is 0 Å². The van der Waals surface area contributed by atoms with E-state index in [0.29, 0.717) is 19.8 Å². The van der Waals surface area contributed by atoms with Gasteiger partial charge in [0.1, 0.15) is 0 Å². The first-order chi connectivity index (χ1) is 9.20. The van der Waals surface area contributed by atoms with E-state index in [1.807, 2.05) is 19.3 Å². The summed E-state index contributed by atoms with van der Waals surface area (Å²) in [5.41, 5.74) is 0.868. The van der Waals surface area contributed by atoms with Gasteiger partial charge in [0, 0.05) is 19.3 Å². The zero-order valence-corrected chi connectivity index (χ0v) is 11.6. The fraction of sp³-hybridized carbons (Fsp3) is 0.692. The largest absolute Gasteiger partial charge is 0.379 e. The molecule has 2 atom stereocenters. The molecule has 19 heavy (non-hydrogen) atoms. The molecule has 2 rings (SSSR count). The third kappa shape index (κ3) is 3.78. The van der Waals surface area contributed by atoms with Crippen molar-refractivity contribution in [3.05, 3.63) is 18.0 Å². The van der Waals surface area contributed by atoms with E-state index >= 15 is 0 Å². The summed E-state index contributed by atoms with van der Waals surface area (Å²) in [7, 11) is 1.86. The first kappa shape index (κ1) is 14.0. The number of amides is 1. The molecule has 1 aliphatic heterocycles. The maximum Gasteiger partial charge on any atom is 0.227 e. The Morgan fingerprint density at radius 3 is 3.11 bits per heavy atom. The molecule has 2 heterocycles. The van der Waals surface area contributed by atoms with Crippen LogP contribution < -0.4 is 10.6 Å². The van der Waals surface area contributed by atoms with Gasteiger partial charge in [-0.1, -0.05) is 6.92 Å². The van der Waals surface area contributed by atoms with Gasteiger partial charge >= 0.3 is 0 Å². The molecular weight excluding hydrogens is 244 g/mol. The minimum absolute atomic E-state index is 0.0387.